The van der Waals surface area contributed by atoms with E-state index < -0.39 is 5.54 Å². The van der Waals surface area contributed by atoms with Gasteiger partial charge in [0, 0.05) is 32.7 Å². The van der Waals surface area contributed by atoms with Crippen LogP contribution in [0.15, 0.2) is 0 Å². The first-order chi connectivity index (χ1) is 11.8. The van der Waals surface area contributed by atoms with Crippen LogP contribution >= 0.6 is 24.4 Å². The van der Waals surface area contributed by atoms with E-state index >= 15 is 0 Å². The fourth-order valence-electron chi connectivity index (χ4n) is 3.45. The molecule has 0 aliphatic carbocycles. The Labute approximate surface area is 162 Å². The van der Waals surface area contributed by atoms with Crippen LogP contribution in [0.25, 0.3) is 0 Å². The van der Waals surface area contributed by atoms with E-state index in [9.17, 15) is 4.79 Å². The monoisotopic (exact) mass is 385 g/mol. The summed E-state index contributed by atoms with van der Waals surface area (Å²) in [6.07, 6.45) is 3.51. The van der Waals surface area contributed by atoms with Crippen LogP contribution in [0, 0.1) is 0 Å². The minimum Gasteiger partial charge on any atom is -0.349 e. The molecular formula is C17H31N5OS2. The third-order valence-electron chi connectivity index (χ3n) is 5.04. The highest BCUT2D eigenvalue weighted by Gasteiger charge is 2.49. The fourth-order valence-corrected chi connectivity index (χ4v) is 4.32. The molecule has 2 aliphatic heterocycles. The second kappa shape index (κ2) is 8.60. The first kappa shape index (κ1) is 20.3. The SMILES string of the molecule is CCCCCN(CC)C(=S)N1CCNCC1N1C(=S)NC(=O)C1(C)C. The number of unbranched alkanes of at least 4 members (excludes halogenated alkanes) is 2. The zero-order valence-electron chi connectivity index (χ0n) is 15.8. The summed E-state index contributed by atoms with van der Waals surface area (Å²) < 4.78 is 0. The Balaban J connectivity index is 2.18. The number of rotatable bonds is 6. The third-order valence-corrected chi connectivity index (χ3v) is 5.83. The van der Waals surface area contributed by atoms with Crippen LogP contribution in [0.4, 0.5) is 0 Å². The van der Waals surface area contributed by atoms with Crippen LogP contribution in [0.3, 0.4) is 0 Å². The molecule has 6 nitrogen and oxygen atoms in total. The minimum absolute atomic E-state index is 0.0516. The van der Waals surface area contributed by atoms with Gasteiger partial charge in [-0.3, -0.25) is 4.79 Å². The van der Waals surface area contributed by atoms with E-state index in [0.29, 0.717) is 5.11 Å². The van der Waals surface area contributed by atoms with Crippen LogP contribution in [0.5, 0.6) is 0 Å². The molecule has 2 aliphatic rings. The van der Waals surface area contributed by atoms with Crippen LogP contribution in [-0.4, -0.2) is 75.3 Å². The van der Waals surface area contributed by atoms with Crippen molar-refractivity contribution in [1.29, 1.82) is 0 Å². The lowest BCUT2D eigenvalue weighted by Gasteiger charge is -2.48. The van der Waals surface area contributed by atoms with Crippen molar-refractivity contribution in [2.45, 2.75) is 58.7 Å². The van der Waals surface area contributed by atoms with Gasteiger partial charge in [-0.25, -0.2) is 0 Å². The lowest BCUT2D eigenvalue weighted by molar-refractivity contribution is -0.126. The molecule has 1 atom stereocenters. The summed E-state index contributed by atoms with van der Waals surface area (Å²) >= 11 is 11.3. The Morgan fingerprint density at radius 3 is 2.64 bits per heavy atom. The average Bonchev–Trinajstić information content (AvgIpc) is 2.78. The maximum absolute atomic E-state index is 12.3. The topological polar surface area (TPSA) is 50.9 Å². The molecule has 25 heavy (non-hydrogen) atoms. The quantitative estimate of drug-likeness (QED) is 0.531. The van der Waals surface area contributed by atoms with Gasteiger partial charge in [-0.05, 0) is 51.6 Å². The number of piperazine rings is 1. The minimum atomic E-state index is -0.673. The number of amides is 1. The van der Waals surface area contributed by atoms with Crippen LogP contribution in [0.1, 0.15) is 47.0 Å². The normalized spacial score (nSPS) is 23.0. The van der Waals surface area contributed by atoms with Gasteiger partial charge in [-0.2, -0.15) is 0 Å². The van der Waals surface area contributed by atoms with Gasteiger partial charge < -0.3 is 25.3 Å². The van der Waals surface area contributed by atoms with E-state index in [1.165, 1.54) is 12.8 Å². The molecule has 142 valence electrons. The molecule has 0 radical (unpaired) electrons. The summed E-state index contributed by atoms with van der Waals surface area (Å²) in [5.74, 6) is -0.0516. The lowest BCUT2D eigenvalue weighted by atomic mass is 10.0. The Morgan fingerprint density at radius 1 is 1.36 bits per heavy atom. The molecule has 1 unspecified atom stereocenters. The number of carbonyl (C=O) groups excluding carboxylic acids is 1. The molecule has 0 spiro atoms. The summed E-state index contributed by atoms with van der Waals surface area (Å²) in [6, 6.07) is 0. The first-order valence-corrected chi connectivity index (χ1v) is 10.1. The average molecular weight is 386 g/mol. The molecular weight excluding hydrogens is 354 g/mol. The zero-order chi connectivity index (χ0) is 18.6. The highest BCUT2D eigenvalue weighted by atomic mass is 32.1. The summed E-state index contributed by atoms with van der Waals surface area (Å²) in [5, 5.41) is 7.58. The number of hydrogen-bond donors (Lipinski definition) is 2. The maximum atomic E-state index is 12.3. The van der Waals surface area contributed by atoms with Gasteiger partial charge in [0.15, 0.2) is 10.2 Å². The third kappa shape index (κ3) is 4.23. The summed E-state index contributed by atoms with van der Waals surface area (Å²) in [4.78, 5) is 18.8. The van der Waals surface area contributed by atoms with Gasteiger partial charge in [0.05, 0.1) is 0 Å². The molecule has 0 bridgehead atoms. The fraction of sp³-hybridized carbons (Fsp3) is 0.824. The van der Waals surface area contributed by atoms with Gasteiger partial charge >= 0.3 is 0 Å². The number of thiocarbonyl (C=S) groups is 2. The van der Waals surface area contributed by atoms with Gasteiger partial charge in [0.25, 0.3) is 5.91 Å². The number of hydrogen-bond acceptors (Lipinski definition) is 4. The molecule has 8 heteroatoms. The lowest BCUT2D eigenvalue weighted by Crippen LogP contribution is -2.66. The highest BCUT2D eigenvalue weighted by molar-refractivity contribution is 7.80. The van der Waals surface area contributed by atoms with E-state index in [0.717, 1.165) is 44.3 Å². The van der Waals surface area contributed by atoms with Crippen LogP contribution < -0.4 is 10.6 Å². The molecule has 2 heterocycles. The van der Waals surface area contributed by atoms with E-state index in [2.05, 4.69) is 34.3 Å². The summed E-state index contributed by atoms with van der Waals surface area (Å²) in [5.41, 5.74) is -0.673. The Hall–Kier alpha value is -0.990. The van der Waals surface area contributed by atoms with Gasteiger partial charge in [-0.1, -0.05) is 19.8 Å². The first-order valence-electron chi connectivity index (χ1n) is 9.25. The molecule has 0 aromatic heterocycles. The van der Waals surface area contributed by atoms with Gasteiger partial charge in [-0.15, -0.1) is 0 Å². The largest absolute Gasteiger partial charge is 0.349 e. The van der Waals surface area contributed by atoms with E-state index in [-0.39, 0.29) is 12.1 Å². The second-order valence-electron chi connectivity index (χ2n) is 7.14. The summed E-state index contributed by atoms with van der Waals surface area (Å²) in [7, 11) is 0. The van der Waals surface area contributed by atoms with Crippen molar-refractivity contribution in [3.63, 3.8) is 0 Å². The van der Waals surface area contributed by atoms with E-state index in [4.69, 9.17) is 24.4 Å². The van der Waals surface area contributed by atoms with E-state index in [1.807, 2.05) is 18.7 Å². The predicted molar refractivity (Wildman–Crippen MR) is 109 cm³/mol. The van der Waals surface area contributed by atoms with Gasteiger partial charge in [0.2, 0.25) is 0 Å². The van der Waals surface area contributed by atoms with Crippen molar-refractivity contribution in [2.75, 3.05) is 32.7 Å². The Morgan fingerprint density at radius 2 is 2.08 bits per heavy atom. The highest BCUT2D eigenvalue weighted by Crippen LogP contribution is 2.27. The second-order valence-corrected chi connectivity index (χ2v) is 7.89. The van der Waals surface area contributed by atoms with Crippen molar-refractivity contribution >= 4 is 40.6 Å². The smallest absolute Gasteiger partial charge is 0.251 e. The molecule has 0 aromatic carbocycles. The molecule has 0 aromatic rings. The number of carbonyl (C=O) groups is 1. The summed E-state index contributed by atoms with van der Waals surface area (Å²) in [6.45, 7) is 12.5. The predicted octanol–water partition coefficient (Wildman–Crippen LogP) is 1.51. The maximum Gasteiger partial charge on any atom is 0.251 e. The number of nitrogens with one attached hydrogen (secondary N) is 2. The van der Waals surface area contributed by atoms with E-state index in [1.54, 1.807) is 0 Å². The molecule has 2 rings (SSSR count). The Kier molecular flexibility index (Phi) is 6.99. The standard InChI is InChI=1S/C17H31N5OS2/c1-5-7-8-10-20(6-2)16(25)21-11-9-18-12-13(21)22-15(24)19-14(23)17(22,3)4/h13,18H,5-12H2,1-4H3,(H,19,23,24). The van der Waals surface area contributed by atoms with Crippen molar-refractivity contribution in [3.8, 4) is 0 Å². The van der Waals surface area contributed by atoms with Gasteiger partial charge in [0.1, 0.15) is 11.7 Å². The van der Waals surface area contributed by atoms with Crippen molar-refractivity contribution < 1.29 is 4.79 Å². The molecule has 0 saturated carbocycles. The molecule has 2 N–H and O–H groups in total. The van der Waals surface area contributed by atoms with Crippen molar-refractivity contribution in [2.24, 2.45) is 0 Å². The number of nitrogens with zero attached hydrogens (tertiary/aromatic N) is 3. The molecule has 1 amide bonds. The van der Waals surface area contributed by atoms with Crippen LogP contribution in [-0.2, 0) is 4.79 Å². The zero-order valence-corrected chi connectivity index (χ0v) is 17.4. The van der Waals surface area contributed by atoms with Crippen molar-refractivity contribution in [1.82, 2.24) is 25.3 Å². The van der Waals surface area contributed by atoms with Crippen LogP contribution in [0.2, 0.25) is 0 Å². The van der Waals surface area contributed by atoms with Crippen molar-refractivity contribution in [3.05, 3.63) is 0 Å². The Bertz CT molecular complexity index is 525. The molecule has 2 saturated heterocycles. The molecule has 2 fully saturated rings.